The lowest BCUT2D eigenvalue weighted by Crippen LogP contribution is -2.30. The van der Waals surface area contributed by atoms with E-state index in [4.69, 9.17) is 23.2 Å². The van der Waals surface area contributed by atoms with Crippen LogP contribution in [0.15, 0.2) is 18.2 Å². The van der Waals surface area contributed by atoms with Gasteiger partial charge in [0.05, 0.1) is 22.7 Å². The molecule has 19 heavy (non-hydrogen) atoms. The number of hydrogen-bond acceptors (Lipinski definition) is 3. The summed E-state index contributed by atoms with van der Waals surface area (Å²) in [5, 5.41) is 8.96. The van der Waals surface area contributed by atoms with E-state index >= 15 is 0 Å². The Bertz CT molecular complexity index is 735. The van der Waals surface area contributed by atoms with Gasteiger partial charge in [-0.05, 0) is 36.3 Å². The average molecular weight is 274 g/mol. The molecule has 0 saturated heterocycles. The van der Waals surface area contributed by atoms with Gasteiger partial charge in [-0.25, -0.2) is 0 Å². The van der Waals surface area contributed by atoms with Gasteiger partial charge >= 0.3 is 0 Å². The van der Waals surface area contributed by atoms with Gasteiger partial charge in [0.15, 0.2) is 4.77 Å². The van der Waals surface area contributed by atoms with Crippen LogP contribution in [0, 0.1) is 22.0 Å². The second-order valence-corrected chi connectivity index (χ2v) is 5.12. The van der Waals surface area contributed by atoms with E-state index in [1.54, 1.807) is 22.8 Å². The Balaban J connectivity index is 2.78. The maximum Gasteiger partial charge on any atom is 0.240 e. The Morgan fingerprint density at radius 2 is 2.21 bits per heavy atom. The fraction of sp³-hybridized carbons (Fsp3) is 0.308. The summed E-state index contributed by atoms with van der Waals surface area (Å²) >= 11 is 5.26. The molecule has 98 valence electrons. The molecular formula is C13H14N4OS. The zero-order valence-electron chi connectivity index (χ0n) is 10.7. The number of nitrogens with two attached hydrogens (primary N) is 1. The van der Waals surface area contributed by atoms with Crippen molar-refractivity contribution in [3.05, 3.63) is 28.5 Å². The molecule has 0 saturated carbocycles. The minimum atomic E-state index is -0.532. The molecule has 0 aliphatic carbocycles. The molecule has 1 heterocycles. The number of rotatable bonds is 3. The number of imidazole rings is 1. The molecule has 0 spiro atoms. The van der Waals surface area contributed by atoms with Crippen LogP contribution in [0.3, 0.4) is 0 Å². The zero-order valence-corrected chi connectivity index (χ0v) is 11.5. The van der Waals surface area contributed by atoms with Gasteiger partial charge in [-0.15, -0.1) is 0 Å². The van der Waals surface area contributed by atoms with Crippen molar-refractivity contribution in [2.45, 2.75) is 19.9 Å². The van der Waals surface area contributed by atoms with Crippen LogP contribution in [-0.4, -0.2) is 15.5 Å². The number of amides is 1. The number of primary amides is 1. The molecule has 1 atom stereocenters. The first-order chi connectivity index (χ1) is 8.95. The fourth-order valence-corrected chi connectivity index (χ4v) is 2.54. The first-order valence-corrected chi connectivity index (χ1v) is 6.30. The van der Waals surface area contributed by atoms with E-state index in [2.05, 4.69) is 11.1 Å². The lowest BCUT2D eigenvalue weighted by molar-refractivity contribution is -0.122. The molecule has 0 aliphatic rings. The van der Waals surface area contributed by atoms with E-state index in [1.165, 1.54) is 0 Å². The largest absolute Gasteiger partial charge is 0.368 e. The van der Waals surface area contributed by atoms with Crippen molar-refractivity contribution in [2.75, 3.05) is 0 Å². The van der Waals surface area contributed by atoms with Gasteiger partial charge in [-0.1, -0.05) is 13.8 Å². The minimum Gasteiger partial charge on any atom is -0.368 e. The van der Waals surface area contributed by atoms with Crippen molar-refractivity contribution in [1.82, 2.24) is 9.55 Å². The second kappa shape index (κ2) is 4.86. The normalized spacial score (nSPS) is 12.5. The molecule has 1 aromatic carbocycles. The first-order valence-electron chi connectivity index (χ1n) is 5.89. The maximum absolute atomic E-state index is 11.7. The lowest BCUT2D eigenvalue weighted by atomic mass is 10.0. The van der Waals surface area contributed by atoms with Crippen molar-refractivity contribution < 1.29 is 4.79 Å². The highest BCUT2D eigenvalue weighted by molar-refractivity contribution is 7.71. The van der Waals surface area contributed by atoms with Gasteiger partial charge in [-0.3, -0.25) is 4.79 Å². The number of nitrogens with one attached hydrogen (secondary N) is 1. The molecular weight excluding hydrogens is 260 g/mol. The van der Waals surface area contributed by atoms with Gasteiger partial charge in [-0.2, -0.15) is 5.26 Å². The van der Waals surface area contributed by atoms with Crippen LogP contribution in [0.1, 0.15) is 25.5 Å². The summed E-state index contributed by atoms with van der Waals surface area (Å²) in [5.74, 6) is -0.427. The van der Waals surface area contributed by atoms with Crippen molar-refractivity contribution in [2.24, 2.45) is 11.7 Å². The maximum atomic E-state index is 11.7. The van der Waals surface area contributed by atoms with Gasteiger partial charge in [0, 0.05) is 0 Å². The third-order valence-corrected chi connectivity index (χ3v) is 3.35. The summed E-state index contributed by atoms with van der Waals surface area (Å²) in [4.78, 5) is 14.7. The highest BCUT2D eigenvalue weighted by atomic mass is 32.1. The van der Waals surface area contributed by atoms with E-state index in [-0.39, 0.29) is 5.92 Å². The number of aromatic amines is 1. The number of nitrogens with zero attached hydrogens (tertiary/aromatic N) is 2. The number of carbonyl (C=O) groups excluding carboxylic acids is 1. The molecule has 1 unspecified atom stereocenters. The number of fused-ring (bicyclic) bond motifs is 1. The van der Waals surface area contributed by atoms with E-state index in [0.717, 1.165) is 11.0 Å². The topological polar surface area (TPSA) is 87.6 Å². The van der Waals surface area contributed by atoms with Crippen LogP contribution in [0.4, 0.5) is 0 Å². The van der Waals surface area contributed by atoms with E-state index < -0.39 is 11.9 Å². The minimum absolute atomic E-state index is 0.00828. The zero-order chi connectivity index (χ0) is 14.2. The van der Waals surface area contributed by atoms with Gasteiger partial charge < -0.3 is 15.3 Å². The highest BCUT2D eigenvalue weighted by Crippen LogP contribution is 2.25. The summed E-state index contributed by atoms with van der Waals surface area (Å²) in [6.07, 6.45) is 0. The number of benzene rings is 1. The van der Waals surface area contributed by atoms with E-state index in [0.29, 0.717) is 10.3 Å². The van der Waals surface area contributed by atoms with Crippen molar-refractivity contribution in [3.63, 3.8) is 0 Å². The van der Waals surface area contributed by atoms with Crippen molar-refractivity contribution in [3.8, 4) is 6.07 Å². The smallest absolute Gasteiger partial charge is 0.240 e. The number of H-pyrrole nitrogens is 1. The summed E-state index contributed by atoms with van der Waals surface area (Å²) < 4.78 is 2.13. The average Bonchev–Trinajstić information content (AvgIpc) is 2.65. The molecule has 0 radical (unpaired) electrons. The second-order valence-electron chi connectivity index (χ2n) is 4.74. The standard InChI is InChI=1S/C13H14N4OS/c1-7(2)11(12(15)18)17-10-5-8(6-14)3-4-9(10)16-13(17)19/h3-5,7,11H,1-2H3,(H2,15,18)(H,16,19). The van der Waals surface area contributed by atoms with Crippen LogP contribution < -0.4 is 5.73 Å². The first kappa shape index (κ1) is 13.3. The summed E-state index contributed by atoms with van der Waals surface area (Å²) in [7, 11) is 0. The molecule has 1 amide bonds. The van der Waals surface area contributed by atoms with Gasteiger partial charge in [0.2, 0.25) is 5.91 Å². The highest BCUT2D eigenvalue weighted by Gasteiger charge is 2.24. The quantitative estimate of drug-likeness (QED) is 0.841. The summed E-state index contributed by atoms with van der Waals surface area (Å²) in [5.41, 5.74) is 7.50. The van der Waals surface area contributed by atoms with Crippen molar-refractivity contribution in [1.29, 1.82) is 5.26 Å². The predicted octanol–water partition coefficient (Wildman–Crippen LogP) is 2.25. The Morgan fingerprint density at radius 3 is 2.74 bits per heavy atom. The van der Waals surface area contributed by atoms with Crippen LogP contribution in [0.25, 0.3) is 11.0 Å². The van der Waals surface area contributed by atoms with Crippen molar-refractivity contribution >= 4 is 29.2 Å². The Morgan fingerprint density at radius 1 is 1.53 bits per heavy atom. The Labute approximate surface area is 115 Å². The Kier molecular flexibility index (Phi) is 3.40. The SMILES string of the molecule is CC(C)C(C(N)=O)n1c(=S)[nH]c2ccc(C#N)cc21. The fourth-order valence-electron chi connectivity index (χ4n) is 2.22. The van der Waals surface area contributed by atoms with E-state index in [9.17, 15) is 4.79 Å². The Hall–Kier alpha value is -2.13. The van der Waals surface area contributed by atoms with Crippen LogP contribution in [0.5, 0.6) is 0 Å². The molecule has 3 N–H and O–H groups in total. The number of aromatic nitrogens is 2. The van der Waals surface area contributed by atoms with E-state index in [1.807, 2.05) is 13.8 Å². The summed E-state index contributed by atoms with van der Waals surface area (Å²) in [6, 6.07) is 6.73. The lowest BCUT2D eigenvalue weighted by Gasteiger charge is -2.19. The third kappa shape index (κ3) is 2.25. The molecule has 6 heteroatoms. The van der Waals surface area contributed by atoms with Gasteiger partial charge in [0.25, 0.3) is 0 Å². The van der Waals surface area contributed by atoms with Crippen LogP contribution >= 0.6 is 12.2 Å². The number of carbonyl (C=O) groups is 1. The molecule has 2 aromatic rings. The number of nitriles is 1. The third-order valence-electron chi connectivity index (χ3n) is 3.05. The van der Waals surface area contributed by atoms with Gasteiger partial charge in [0.1, 0.15) is 6.04 Å². The monoisotopic (exact) mass is 274 g/mol. The predicted molar refractivity (Wildman–Crippen MR) is 74.9 cm³/mol. The summed E-state index contributed by atoms with van der Waals surface area (Å²) in [6.45, 7) is 3.81. The number of hydrogen-bond donors (Lipinski definition) is 2. The molecule has 0 bridgehead atoms. The van der Waals surface area contributed by atoms with Crippen LogP contribution in [0.2, 0.25) is 0 Å². The molecule has 5 nitrogen and oxygen atoms in total. The molecule has 1 aromatic heterocycles. The molecule has 0 fully saturated rings. The molecule has 0 aliphatic heterocycles. The molecule has 2 rings (SSSR count). The van der Waals surface area contributed by atoms with Crippen LogP contribution in [-0.2, 0) is 4.79 Å².